The summed E-state index contributed by atoms with van der Waals surface area (Å²) in [6, 6.07) is 9.18. The quantitative estimate of drug-likeness (QED) is 0.887. The standard InChI is InChI=1S/C19H26N4O/c24-19-21-17-3-1-2-4-18(17)23(19)15-5-7-22(8-6-15)16-9-13-11-20-12-14(13)10-16/h1-4,13-16,20H,5-12H2,(H,21,24)/t13-,14+,16?. The predicted octanol–water partition coefficient (Wildman–Crippen LogP) is 1.96. The van der Waals surface area contributed by atoms with Gasteiger partial charge < -0.3 is 15.2 Å². The van der Waals surface area contributed by atoms with Gasteiger partial charge >= 0.3 is 5.69 Å². The number of nitrogens with zero attached hydrogens (tertiary/aromatic N) is 2. The first-order valence-electron chi connectivity index (χ1n) is 9.43. The molecule has 1 aromatic carbocycles. The first-order chi connectivity index (χ1) is 11.8. The summed E-state index contributed by atoms with van der Waals surface area (Å²) in [5.41, 5.74) is 2.07. The zero-order chi connectivity index (χ0) is 16.1. The minimum absolute atomic E-state index is 0.0520. The highest BCUT2D eigenvalue weighted by molar-refractivity contribution is 5.75. The molecule has 1 unspecified atom stereocenters. The molecular formula is C19H26N4O. The molecule has 0 bridgehead atoms. The molecule has 0 spiro atoms. The van der Waals surface area contributed by atoms with E-state index in [4.69, 9.17) is 0 Å². The van der Waals surface area contributed by atoms with Gasteiger partial charge in [0.1, 0.15) is 0 Å². The normalized spacial score (nSPS) is 31.8. The first-order valence-corrected chi connectivity index (χ1v) is 9.43. The van der Waals surface area contributed by atoms with Crippen LogP contribution in [0.5, 0.6) is 0 Å². The zero-order valence-electron chi connectivity index (χ0n) is 14.1. The van der Waals surface area contributed by atoms with Crippen molar-refractivity contribution in [2.45, 2.75) is 37.8 Å². The summed E-state index contributed by atoms with van der Waals surface area (Å²) in [6.45, 7) is 4.72. The van der Waals surface area contributed by atoms with Crippen LogP contribution in [0.4, 0.5) is 0 Å². The Balaban J connectivity index is 1.30. The van der Waals surface area contributed by atoms with E-state index in [0.29, 0.717) is 6.04 Å². The largest absolute Gasteiger partial charge is 0.326 e. The van der Waals surface area contributed by atoms with Crippen LogP contribution < -0.4 is 11.0 Å². The van der Waals surface area contributed by atoms with E-state index in [1.165, 1.54) is 25.9 Å². The molecule has 2 aromatic rings. The highest BCUT2D eigenvalue weighted by atomic mass is 16.1. The minimum Gasteiger partial charge on any atom is -0.316 e. The van der Waals surface area contributed by atoms with Crippen molar-refractivity contribution < 1.29 is 0 Å². The Hall–Kier alpha value is -1.59. The van der Waals surface area contributed by atoms with Gasteiger partial charge in [-0.3, -0.25) is 4.57 Å². The summed E-state index contributed by atoms with van der Waals surface area (Å²) in [5, 5.41) is 3.54. The maximum absolute atomic E-state index is 12.4. The summed E-state index contributed by atoms with van der Waals surface area (Å²) >= 11 is 0. The number of aromatic nitrogens is 2. The van der Waals surface area contributed by atoms with E-state index >= 15 is 0 Å². The molecule has 0 amide bonds. The molecule has 128 valence electrons. The maximum atomic E-state index is 12.4. The average Bonchev–Trinajstić information content (AvgIpc) is 3.26. The Labute approximate surface area is 142 Å². The van der Waals surface area contributed by atoms with Crippen molar-refractivity contribution >= 4 is 11.0 Å². The van der Waals surface area contributed by atoms with Crippen LogP contribution in [-0.2, 0) is 0 Å². The fourth-order valence-electron chi connectivity index (χ4n) is 5.38. The molecule has 1 aromatic heterocycles. The second-order valence-corrected chi connectivity index (χ2v) is 7.89. The van der Waals surface area contributed by atoms with Crippen LogP contribution in [0.1, 0.15) is 31.7 Å². The molecule has 0 radical (unpaired) electrons. The second kappa shape index (κ2) is 5.74. The third-order valence-electron chi connectivity index (χ3n) is 6.63. The Bertz CT molecular complexity index is 774. The van der Waals surface area contributed by atoms with Crippen molar-refractivity contribution in [1.82, 2.24) is 19.8 Å². The number of piperidine rings is 1. The molecule has 3 fully saturated rings. The van der Waals surface area contributed by atoms with Crippen LogP contribution in [0, 0.1) is 11.8 Å². The van der Waals surface area contributed by atoms with Gasteiger partial charge in [-0.25, -0.2) is 4.79 Å². The number of nitrogens with one attached hydrogen (secondary N) is 2. The number of H-pyrrole nitrogens is 1. The number of rotatable bonds is 2. The number of hydrogen-bond donors (Lipinski definition) is 2. The van der Waals surface area contributed by atoms with Gasteiger partial charge in [0, 0.05) is 25.2 Å². The van der Waals surface area contributed by atoms with E-state index in [9.17, 15) is 4.79 Å². The van der Waals surface area contributed by atoms with Gasteiger partial charge in [0.15, 0.2) is 0 Å². The Morgan fingerprint density at radius 3 is 2.42 bits per heavy atom. The lowest BCUT2D eigenvalue weighted by atomic mass is 10.0. The van der Waals surface area contributed by atoms with E-state index in [1.807, 2.05) is 22.8 Å². The summed E-state index contributed by atoms with van der Waals surface area (Å²) in [4.78, 5) is 18.1. The number of hydrogen-bond acceptors (Lipinski definition) is 3. The summed E-state index contributed by atoms with van der Waals surface area (Å²) in [5.74, 6) is 1.81. The number of imidazole rings is 1. The molecular weight excluding hydrogens is 300 g/mol. The van der Waals surface area contributed by atoms with Crippen LogP contribution in [0.15, 0.2) is 29.1 Å². The van der Waals surface area contributed by atoms with E-state index in [2.05, 4.69) is 21.3 Å². The first kappa shape index (κ1) is 14.7. The zero-order valence-corrected chi connectivity index (χ0v) is 14.1. The molecule has 1 saturated carbocycles. The topological polar surface area (TPSA) is 53.1 Å². The van der Waals surface area contributed by atoms with Crippen molar-refractivity contribution in [3.8, 4) is 0 Å². The van der Waals surface area contributed by atoms with Crippen LogP contribution in [0.2, 0.25) is 0 Å². The highest BCUT2D eigenvalue weighted by Gasteiger charge is 2.40. The van der Waals surface area contributed by atoms with Gasteiger partial charge in [-0.15, -0.1) is 0 Å². The minimum atomic E-state index is 0.0520. The van der Waals surface area contributed by atoms with Crippen LogP contribution in [0.3, 0.4) is 0 Å². The predicted molar refractivity (Wildman–Crippen MR) is 95.3 cm³/mol. The SMILES string of the molecule is O=c1[nH]c2ccccc2n1C1CCN(C2C[C@H]3CNC[C@H]3C2)CC1. The molecule has 2 saturated heterocycles. The second-order valence-electron chi connectivity index (χ2n) is 7.89. The lowest BCUT2D eigenvalue weighted by Gasteiger charge is -2.36. The number of para-hydroxylation sites is 2. The Morgan fingerprint density at radius 2 is 1.67 bits per heavy atom. The Kier molecular flexibility index (Phi) is 3.52. The number of likely N-dealkylation sites (tertiary alicyclic amines) is 1. The van der Waals surface area contributed by atoms with Crippen molar-refractivity contribution in [3.05, 3.63) is 34.7 Å². The fourth-order valence-corrected chi connectivity index (χ4v) is 5.38. The van der Waals surface area contributed by atoms with Crippen molar-refractivity contribution in [2.75, 3.05) is 26.2 Å². The van der Waals surface area contributed by atoms with E-state index < -0.39 is 0 Å². The summed E-state index contributed by atoms with van der Waals surface area (Å²) in [7, 11) is 0. The van der Waals surface area contributed by atoms with Crippen LogP contribution >= 0.6 is 0 Å². The van der Waals surface area contributed by atoms with Gasteiger partial charge in [0.05, 0.1) is 11.0 Å². The van der Waals surface area contributed by atoms with E-state index in [1.54, 1.807) is 0 Å². The van der Waals surface area contributed by atoms with Gasteiger partial charge in [0.2, 0.25) is 0 Å². The molecule has 1 aliphatic carbocycles. The van der Waals surface area contributed by atoms with Gasteiger partial charge in [0.25, 0.3) is 0 Å². The van der Waals surface area contributed by atoms with Gasteiger partial charge in [-0.2, -0.15) is 0 Å². The van der Waals surface area contributed by atoms with Crippen LogP contribution in [-0.4, -0.2) is 46.7 Å². The molecule has 2 N–H and O–H groups in total. The smallest absolute Gasteiger partial charge is 0.316 e. The molecule has 2 aliphatic heterocycles. The molecule has 24 heavy (non-hydrogen) atoms. The number of benzene rings is 1. The average molecular weight is 326 g/mol. The van der Waals surface area contributed by atoms with Gasteiger partial charge in [-0.1, -0.05) is 12.1 Å². The lowest BCUT2D eigenvalue weighted by molar-refractivity contribution is 0.132. The molecule has 5 heteroatoms. The fraction of sp³-hybridized carbons (Fsp3) is 0.632. The van der Waals surface area contributed by atoms with Crippen molar-refractivity contribution in [1.29, 1.82) is 0 Å². The third kappa shape index (κ3) is 2.33. The highest BCUT2D eigenvalue weighted by Crippen LogP contribution is 2.38. The number of fused-ring (bicyclic) bond motifs is 2. The molecule has 5 rings (SSSR count). The Morgan fingerprint density at radius 1 is 0.958 bits per heavy atom. The summed E-state index contributed by atoms with van der Waals surface area (Å²) < 4.78 is 2.00. The molecule has 5 nitrogen and oxygen atoms in total. The summed E-state index contributed by atoms with van der Waals surface area (Å²) in [6.07, 6.45) is 4.92. The van der Waals surface area contributed by atoms with E-state index in [-0.39, 0.29) is 5.69 Å². The lowest BCUT2D eigenvalue weighted by Crippen LogP contribution is -2.42. The van der Waals surface area contributed by atoms with Gasteiger partial charge in [-0.05, 0) is 62.7 Å². The van der Waals surface area contributed by atoms with Crippen LogP contribution in [0.25, 0.3) is 11.0 Å². The molecule has 3 heterocycles. The molecule has 3 aliphatic rings. The van der Waals surface area contributed by atoms with Crippen molar-refractivity contribution in [3.63, 3.8) is 0 Å². The third-order valence-corrected chi connectivity index (χ3v) is 6.63. The molecule has 3 atom stereocenters. The van der Waals surface area contributed by atoms with Crippen molar-refractivity contribution in [2.24, 2.45) is 11.8 Å². The van der Waals surface area contributed by atoms with E-state index in [0.717, 1.165) is 54.8 Å². The maximum Gasteiger partial charge on any atom is 0.326 e. The monoisotopic (exact) mass is 326 g/mol. The number of aromatic amines is 1.